The molecule has 1 amide bonds. The van der Waals surface area contributed by atoms with E-state index in [1.54, 1.807) is 6.20 Å². The van der Waals surface area contributed by atoms with E-state index in [4.69, 9.17) is 0 Å². The average molecular weight is 270 g/mol. The first-order chi connectivity index (χ1) is 9.75. The van der Waals surface area contributed by atoms with Crippen molar-refractivity contribution in [2.75, 3.05) is 7.05 Å². The number of aromatic nitrogens is 3. The highest BCUT2D eigenvalue weighted by Gasteiger charge is 2.25. The molecule has 1 aromatic heterocycles. The van der Waals surface area contributed by atoms with Crippen LogP contribution in [0.15, 0.2) is 36.5 Å². The molecule has 2 aromatic rings. The minimum Gasteiger partial charge on any atom is -0.337 e. The molecule has 5 nitrogen and oxygen atoms in total. The van der Waals surface area contributed by atoms with Gasteiger partial charge in [0.25, 0.3) is 5.91 Å². The van der Waals surface area contributed by atoms with Gasteiger partial charge in [-0.05, 0) is 25.0 Å². The van der Waals surface area contributed by atoms with Crippen molar-refractivity contribution in [3.05, 3.63) is 42.2 Å². The Morgan fingerprint density at radius 2 is 1.95 bits per heavy atom. The number of amides is 1. The lowest BCUT2D eigenvalue weighted by molar-refractivity contribution is 0.0728. The second kappa shape index (κ2) is 5.45. The lowest BCUT2D eigenvalue weighted by Crippen LogP contribution is -2.35. The molecule has 0 N–H and O–H groups in total. The van der Waals surface area contributed by atoms with E-state index in [1.165, 1.54) is 17.6 Å². The van der Waals surface area contributed by atoms with Gasteiger partial charge in [-0.1, -0.05) is 31.0 Å². The Hall–Kier alpha value is -2.17. The number of nitrogens with zero attached hydrogens (tertiary/aromatic N) is 4. The predicted molar refractivity (Wildman–Crippen MR) is 75.7 cm³/mol. The minimum absolute atomic E-state index is 0.0425. The van der Waals surface area contributed by atoms with Gasteiger partial charge in [0.2, 0.25) is 0 Å². The van der Waals surface area contributed by atoms with Gasteiger partial charge in [-0.3, -0.25) is 4.79 Å². The first-order valence-electron chi connectivity index (χ1n) is 7.00. The molecule has 0 radical (unpaired) electrons. The van der Waals surface area contributed by atoms with Crippen LogP contribution in [-0.4, -0.2) is 38.9 Å². The van der Waals surface area contributed by atoms with Crippen LogP contribution in [0.2, 0.25) is 0 Å². The molecule has 1 aliphatic rings. The summed E-state index contributed by atoms with van der Waals surface area (Å²) in [6, 6.07) is 9.95. The molecule has 5 heteroatoms. The van der Waals surface area contributed by atoms with Gasteiger partial charge < -0.3 is 4.90 Å². The monoisotopic (exact) mass is 270 g/mol. The Morgan fingerprint density at radius 1 is 1.25 bits per heavy atom. The van der Waals surface area contributed by atoms with Crippen molar-refractivity contribution in [1.82, 2.24) is 19.9 Å². The van der Waals surface area contributed by atoms with E-state index in [0.29, 0.717) is 11.7 Å². The van der Waals surface area contributed by atoms with Crippen LogP contribution in [0.1, 0.15) is 36.2 Å². The molecule has 20 heavy (non-hydrogen) atoms. The normalized spacial score (nSPS) is 15.4. The van der Waals surface area contributed by atoms with Crippen LogP contribution < -0.4 is 0 Å². The SMILES string of the molecule is CN(C(=O)c1cnn(-c2ccccc2)n1)C1CCCC1. The van der Waals surface area contributed by atoms with E-state index in [0.717, 1.165) is 18.5 Å². The Balaban J connectivity index is 1.78. The fraction of sp³-hybridized carbons (Fsp3) is 0.400. The zero-order chi connectivity index (χ0) is 13.9. The summed E-state index contributed by atoms with van der Waals surface area (Å²) < 4.78 is 0. The summed E-state index contributed by atoms with van der Waals surface area (Å²) in [6.45, 7) is 0. The number of rotatable bonds is 3. The maximum Gasteiger partial charge on any atom is 0.276 e. The van der Waals surface area contributed by atoms with Crippen molar-refractivity contribution >= 4 is 5.91 Å². The lowest BCUT2D eigenvalue weighted by Gasteiger charge is -2.23. The van der Waals surface area contributed by atoms with E-state index in [9.17, 15) is 4.79 Å². The van der Waals surface area contributed by atoms with Gasteiger partial charge in [0.05, 0.1) is 11.9 Å². The summed E-state index contributed by atoms with van der Waals surface area (Å²) in [5.41, 5.74) is 1.26. The highest BCUT2D eigenvalue weighted by molar-refractivity contribution is 5.92. The van der Waals surface area contributed by atoms with Crippen molar-refractivity contribution in [2.45, 2.75) is 31.7 Å². The van der Waals surface area contributed by atoms with Crippen molar-refractivity contribution in [1.29, 1.82) is 0 Å². The van der Waals surface area contributed by atoms with Crippen LogP contribution in [0.5, 0.6) is 0 Å². The molecule has 0 atom stereocenters. The van der Waals surface area contributed by atoms with Gasteiger partial charge >= 0.3 is 0 Å². The summed E-state index contributed by atoms with van der Waals surface area (Å²) in [5.74, 6) is -0.0425. The number of carbonyl (C=O) groups excluding carboxylic acids is 1. The van der Waals surface area contributed by atoms with Crippen LogP contribution in [0, 0.1) is 0 Å². The fourth-order valence-corrected chi connectivity index (χ4v) is 2.68. The maximum atomic E-state index is 12.4. The third-order valence-electron chi connectivity index (χ3n) is 3.89. The molecule has 1 saturated carbocycles. The quantitative estimate of drug-likeness (QED) is 0.859. The van der Waals surface area contributed by atoms with Gasteiger partial charge in [0.15, 0.2) is 5.69 Å². The van der Waals surface area contributed by atoms with Gasteiger partial charge in [0.1, 0.15) is 0 Å². The predicted octanol–water partition coefficient (Wildman–Crippen LogP) is 2.28. The highest BCUT2D eigenvalue weighted by atomic mass is 16.2. The molecule has 0 bridgehead atoms. The summed E-state index contributed by atoms with van der Waals surface area (Å²) >= 11 is 0. The second-order valence-corrected chi connectivity index (χ2v) is 5.21. The number of hydrogen-bond acceptors (Lipinski definition) is 3. The van der Waals surface area contributed by atoms with Crippen molar-refractivity contribution < 1.29 is 4.79 Å². The third-order valence-corrected chi connectivity index (χ3v) is 3.89. The Morgan fingerprint density at radius 3 is 2.65 bits per heavy atom. The summed E-state index contributed by atoms with van der Waals surface area (Å²) in [7, 11) is 1.86. The zero-order valence-corrected chi connectivity index (χ0v) is 11.6. The van der Waals surface area contributed by atoms with Crippen LogP contribution in [0.4, 0.5) is 0 Å². The van der Waals surface area contributed by atoms with Crippen molar-refractivity contribution in [2.24, 2.45) is 0 Å². The summed E-state index contributed by atoms with van der Waals surface area (Å²) in [5, 5.41) is 8.46. The Labute approximate surface area is 118 Å². The summed E-state index contributed by atoms with van der Waals surface area (Å²) in [4.78, 5) is 15.7. The van der Waals surface area contributed by atoms with E-state index in [-0.39, 0.29) is 5.91 Å². The minimum atomic E-state index is -0.0425. The van der Waals surface area contributed by atoms with Gasteiger partial charge in [0, 0.05) is 13.1 Å². The van der Waals surface area contributed by atoms with E-state index in [2.05, 4.69) is 10.2 Å². The largest absolute Gasteiger partial charge is 0.337 e. The van der Waals surface area contributed by atoms with E-state index < -0.39 is 0 Å². The molecule has 0 unspecified atom stereocenters. The molecule has 1 heterocycles. The first kappa shape index (κ1) is 12.8. The standard InChI is InChI=1S/C15H18N4O/c1-18(12-7-5-6-8-12)15(20)14-11-16-19(17-14)13-9-3-2-4-10-13/h2-4,9-12H,5-8H2,1H3. The molecular weight excluding hydrogens is 252 g/mol. The number of para-hydroxylation sites is 1. The van der Waals surface area contributed by atoms with Crippen molar-refractivity contribution in [3.63, 3.8) is 0 Å². The highest BCUT2D eigenvalue weighted by Crippen LogP contribution is 2.23. The molecule has 0 aliphatic heterocycles. The average Bonchev–Trinajstić information content (AvgIpc) is 3.18. The van der Waals surface area contributed by atoms with Crippen LogP contribution >= 0.6 is 0 Å². The Bertz CT molecular complexity index is 587. The van der Waals surface area contributed by atoms with Crippen molar-refractivity contribution in [3.8, 4) is 5.69 Å². The zero-order valence-electron chi connectivity index (χ0n) is 11.6. The molecule has 1 aliphatic carbocycles. The molecule has 1 aromatic carbocycles. The molecule has 0 saturated heterocycles. The fourth-order valence-electron chi connectivity index (χ4n) is 2.68. The van der Waals surface area contributed by atoms with E-state index in [1.807, 2.05) is 42.3 Å². The molecule has 0 spiro atoms. The van der Waals surface area contributed by atoms with Crippen LogP contribution in [0.25, 0.3) is 5.69 Å². The maximum absolute atomic E-state index is 12.4. The van der Waals surface area contributed by atoms with Crippen LogP contribution in [-0.2, 0) is 0 Å². The van der Waals surface area contributed by atoms with Gasteiger partial charge in [-0.25, -0.2) is 0 Å². The number of hydrogen-bond donors (Lipinski definition) is 0. The smallest absolute Gasteiger partial charge is 0.276 e. The van der Waals surface area contributed by atoms with Gasteiger partial charge in [-0.2, -0.15) is 9.90 Å². The number of carbonyl (C=O) groups is 1. The second-order valence-electron chi connectivity index (χ2n) is 5.21. The summed E-state index contributed by atoms with van der Waals surface area (Å²) in [6.07, 6.45) is 6.14. The van der Waals surface area contributed by atoms with Gasteiger partial charge in [-0.15, -0.1) is 5.10 Å². The lowest BCUT2D eigenvalue weighted by atomic mass is 10.2. The Kier molecular flexibility index (Phi) is 3.50. The molecular formula is C15H18N4O. The van der Waals surface area contributed by atoms with Crippen LogP contribution in [0.3, 0.4) is 0 Å². The number of benzene rings is 1. The molecule has 104 valence electrons. The van der Waals surface area contributed by atoms with E-state index >= 15 is 0 Å². The first-order valence-corrected chi connectivity index (χ1v) is 7.00. The topological polar surface area (TPSA) is 51.0 Å². The molecule has 1 fully saturated rings. The third kappa shape index (κ3) is 2.43. The molecule has 3 rings (SSSR count).